The Labute approximate surface area is 204 Å². The normalized spacial score (nSPS) is 22.0. The van der Waals surface area contributed by atoms with Crippen LogP contribution in [0, 0.1) is 5.92 Å². The van der Waals surface area contributed by atoms with Gasteiger partial charge in [0.2, 0.25) is 0 Å². The standard InChI is InChI=1S/C27H31N3O5/c1-17-8-13-21-22(29(17)27(33)34-2)14-15-23-24(21)28-26(35-16-18-6-4-3-5-7-18)30(23)20-11-9-19(10-12-20)25(31)32/h3-7,14-15,17,19-20H,8-13,16H2,1-2H3,(H,31,32)/t17-,19?,20?/m0/s1. The van der Waals surface area contributed by atoms with E-state index in [0.717, 1.165) is 53.5 Å². The summed E-state index contributed by atoms with van der Waals surface area (Å²) in [6, 6.07) is 14.6. The number of carboxylic acids is 1. The number of amides is 1. The first kappa shape index (κ1) is 23.2. The molecular formula is C27H31N3O5. The quantitative estimate of drug-likeness (QED) is 0.533. The van der Waals surface area contributed by atoms with E-state index in [4.69, 9.17) is 14.5 Å². The second-order valence-electron chi connectivity index (χ2n) is 9.54. The molecule has 2 heterocycles. The van der Waals surface area contributed by atoms with Crippen LogP contribution in [0.4, 0.5) is 10.5 Å². The Morgan fingerprint density at radius 2 is 1.80 bits per heavy atom. The van der Waals surface area contributed by atoms with E-state index in [9.17, 15) is 14.7 Å². The number of aromatic nitrogens is 2. The Morgan fingerprint density at radius 1 is 1.06 bits per heavy atom. The van der Waals surface area contributed by atoms with Crippen molar-refractivity contribution in [1.82, 2.24) is 9.55 Å². The Kier molecular flexibility index (Phi) is 6.36. The van der Waals surface area contributed by atoms with E-state index in [0.29, 0.717) is 25.5 Å². The highest BCUT2D eigenvalue weighted by Gasteiger charge is 2.34. The number of carboxylic acid groups (broad SMARTS) is 1. The number of hydrogen-bond acceptors (Lipinski definition) is 5. The van der Waals surface area contributed by atoms with Crippen LogP contribution < -0.4 is 9.64 Å². The number of hydrogen-bond donors (Lipinski definition) is 1. The maximum atomic E-state index is 12.5. The monoisotopic (exact) mass is 477 g/mol. The molecule has 0 saturated heterocycles. The predicted molar refractivity (Wildman–Crippen MR) is 132 cm³/mol. The number of aliphatic carboxylic acids is 1. The van der Waals surface area contributed by atoms with E-state index in [1.54, 1.807) is 4.90 Å². The minimum atomic E-state index is -0.717. The number of fused-ring (bicyclic) bond motifs is 3. The molecule has 2 aliphatic rings. The summed E-state index contributed by atoms with van der Waals surface area (Å²) >= 11 is 0. The van der Waals surface area contributed by atoms with Crippen molar-refractivity contribution in [2.45, 2.75) is 64.1 Å². The summed E-state index contributed by atoms with van der Waals surface area (Å²) in [4.78, 5) is 30.7. The molecule has 1 N–H and O–H groups in total. The molecule has 1 saturated carbocycles. The number of carbonyl (C=O) groups excluding carboxylic acids is 1. The number of ether oxygens (including phenoxy) is 2. The van der Waals surface area contributed by atoms with Crippen molar-refractivity contribution < 1.29 is 24.2 Å². The molecule has 0 radical (unpaired) electrons. The molecule has 1 aromatic heterocycles. The lowest BCUT2D eigenvalue weighted by Gasteiger charge is -2.34. The summed E-state index contributed by atoms with van der Waals surface area (Å²) in [6.45, 7) is 2.42. The summed E-state index contributed by atoms with van der Waals surface area (Å²) in [5.74, 6) is -1.01. The minimum Gasteiger partial charge on any atom is -0.481 e. The lowest BCUT2D eigenvalue weighted by molar-refractivity contribution is -0.143. The van der Waals surface area contributed by atoms with Crippen LogP contribution in [0.3, 0.4) is 0 Å². The maximum absolute atomic E-state index is 12.5. The van der Waals surface area contributed by atoms with E-state index in [-0.39, 0.29) is 24.1 Å². The number of benzene rings is 2. The number of imidazole rings is 1. The van der Waals surface area contributed by atoms with Gasteiger partial charge in [-0.1, -0.05) is 30.3 Å². The Morgan fingerprint density at radius 3 is 2.49 bits per heavy atom. The number of anilines is 1. The summed E-state index contributed by atoms with van der Waals surface area (Å²) in [7, 11) is 1.40. The van der Waals surface area contributed by atoms with Gasteiger partial charge in [-0.05, 0) is 63.1 Å². The van der Waals surface area contributed by atoms with Gasteiger partial charge in [-0.3, -0.25) is 14.3 Å². The van der Waals surface area contributed by atoms with Crippen molar-refractivity contribution in [1.29, 1.82) is 0 Å². The number of carbonyl (C=O) groups is 2. The third-order valence-corrected chi connectivity index (χ3v) is 7.42. The van der Waals surface area contributed by atoms with Gasteiger partial charge in [0, 0.05) is 17.6 Å². The van der Waals surface area contributed by atoms with E-state index in [1.807, 2.05) is 49.4 Å². The molecule has 1 fully saturated rings. The van der Waals surface area contributed by atoms with Gasteiger partial charge in [0.25, 0.3) is 6.01 Å². The van der Waals surface area contributed by atoms with Crippen LogP contribution in [0.5, 0.6) is 6.01 Å². The number of aryl methyl sites for hydroxylation is 1. The minimum absolute atomic E-state index is 0.0367. The molecule has 5 rings (SSSR count). The van der Waals surface area contributed by atoms with Crippen LogP contribution in [0.25, 0.3) is 11.0 Å². The maximum Gasteiger partial charge on any atom is 0.414 e. The van der Waals surface area contributed by atoms with Gasteiger partial charge in [-0.15, -0.1) is 0 Å². The van der Waals surface area contributed by atoms with Crippen molar-refractivity contribution in [2.24, 2.45) is 5.92 Å². The highest BCUT2D eigenvalue weighted by atomic mass is 16.5. The van der Waals surface area contributed by atoms with Gasteiger partial charge in [0.15, 0.2) is 0 Å². The molecular weight excluding hydrogens is 446 g/mol. The van der Waals surface area contributed by atoms with Crippen LogP contribution >= 0.6 is 0 Å². The SMILES string of the molecule is COC(=O)N1c2ccc3c(nc(OCc4ccccc4)n3C3CCC(C(=O)O)CC3)c2CC[C@@H]1C. The number of nitrogens with zero attached hydrogens (tertiary/aromatic N) is 3. The van der Waals surface area contributed by atoms with Gasteiger partial charge in [-0.25, -0.2) is 4.79 Å². The van der Waals surface area contributed by atoms with Crippen LogP contribution in [-0.4, -0.2) is 39.9 Å². The summed E-state index contributed by atoms with van der Waals surface area (Å²) in [5.41, 5.74) is 4.70. The summed E-state index contributed by atoms with van der Waals surface area (Å²) < 4.78 is 13.5. The molecule has 0 spiro atoms. The van der Waals surface area contributed by atoms with E-state index < -0.39 is 5.97 Å². The molecule has 1 aliphatic carbocycles. The molecule has 1 amide bonds. The van der Waals surface area contributed by atoms with E-state index in [1.165, 1.54) is 7.11 Å². The lowest BCUT2D eigenvalue weighted by atomic mass is 9.86. The van der Waals surface area contributed by atoms with Crippen molar-refractivity contribution in [2.75, 3.05) is 12.0 Å². The molecule has 2 aromatic carbocycles. The highest BCUT2D eigenvalue weighted by Crippen LogP contribution is 2.42. The summed E-state index contributed by atoms with van der Waals surface area (Å²) in [5, 5.41) is 9.45. The van der Waals surface area contributed by atoms with Crippen LogP contribution in [0.1, 0.15) is 56.2 Å². The third-order valence-electron chi connectivity index (χ3n) is 7.42. The molecule has 3 aromatic rings. The average Bonchev–Trinajstić information content (AvgIpc) is 3.26. The summed E-state index contributed by atoms with van der Waals surface area (Å²) in [6.07, 6.45) is 4.04. The van der Waals surface area contributed by atoms with E-state index in [2.05, 4.69) is 4.57 Å². The smallest absolute Gasteiger partial charge is 0.414 e. The van der Waals surface area contributed by atoms with Gasteiger partial charge in [0.1, 0.15) is 6.61 Å². The van der Waals surface area contributed by atoms with Gasteiger partial charge in [-0.2, -0.15) is 4.98 Å². The average molecular weight is 478 g/mol. The molecule has 8 heteroatoms. The molecule has 184 valence electrons. The number of methoxy groups -OCH3 is 1. The fourth-order valence-electron chi connectivity index (χ4n) is 5.51. The predicted octanol–water partition coefficient (Wildman–Crippen LogP) is 5.34. The van der Waals surface area contributed by atoms with Crippen molar-refractivity contribution in [3.8, 4) is 6.01 Å². The zero-order valence-electron chi connectivity index (χ0n) is 20.1. The molecule has 35 heavy (non-hydrogen) atoms. The van der Waals surface area contributed by atoms with Gasteiger partial charge < -0.3 is 14.6 Å². The van der Waals surface area contributed by atoms with Gasteiger partial charge >= 0.3 is 12.1 Å². The van der Waals surface area contributed by atoms with E-state index >= 15 is 0 Å². The fourth-order valence-corrected chi connectivity index (χ4v) is 5.51. The fraction of sp³-hybridized carbons (Fsp3) is 0.444. The first-order valence-electron chi connectivity index (χ1n) is 12.3. The van der Waals surface area contributed by atoms with Crippen molar-refractivity contribution in [3.05, 3.63) is 53.6 Å². The number of rotatable bonds is 5. The zero-order chi connectivity index (χ0) is 24.5. The van der Waals surface area contributed by atoms with Crippen LogP contribution in [-0.2, 0) is 22.6 Å². The Hall–Kier alpha value is -3.55. The second kappa shape index (κ2) is 9.60. The van der Waals surface area contributed by atoms with Crippen LogP contribution in [0.15, 0.2) is 42.5 Å². The van der Waals surface area contributed by atoms with Crippen LogP contribution in [0.2, 0.25) is 0 Å². The molecule has 0 bridgehead atoms. The molecule has 8 nitrogen and oxygen atoms in total. The molecule has 0 unspecified atom stereocenters. The Balaban J connectivity index is 1.56. The third kappa shape index (κ3) is 4.33. The molecule has 1 aliphatic heterocycles. The first-order chi connectivity index (χ1) is 17.0. The zero-order valence-corrected chi connectivity index (χ0v) is 20.1. The largest absolute Gasteiger partial charge is 0.481 e. The molecule has 1 atom stereocenters. The second-order valence-corrected chi connectivity index (χ2v) is 9.54. The lowest BCUT2D eigenvalue weighted by Crippen LogP contribution is -2.42. The highest BCUT2D eigenvalue weighted by molar-refractivity contribution is 5.95. The van der Waals surface area contributed by atoms with Gasteiger partial charge in [0.05, 0.1) is 29.7 Å². The van der Waals surface area contributed by atoms with Crippen molar-refractivity contribution >= 4 is 28.8 Å². The van der Waals surface area contributed by atoms with Crippen molar-refractivity contribution in [3.63, 3.8) is 0 Å². The first-order valence-corrected chi connectivity index (χ1v) is 12.3. The topological polar surface area (TPSA) is 93.9 Å². The Bertz CT molecular complexity index is 1230.